The number of hydrogen-bond acceptors (Lipinski definition) is 8. The Morgan fingerprint density at radius 2 is 2.29 bits per heavy atom. The first-order chi connectivity index (χ1) is 9.99. The van der Waals surface area contributed by atoms with Gasteiger partial charge in [-0.2, -0.15) is 0 Å². The Labute approximate surface area is 127 Å². The fourth-order valence-corrected chi connectivity index (χ4v) is 2.88. The summed E-state index contributed by atoms with van der Waals surface area (Å²) in [6.45, 7) is 0. The van der Waals surface area contributed by atoms with Crippen LogP contribution in [0.2, 0.25) is 0 Å². The van der Waals surface area contributed by atoms with E-state index in [0.717, 1.165) is 23.1 Å². The van der Waals surface area contributed by atoms with Crippen molar-refractivity contribution in [1.29, 1.82) is 0 Å². The fraction of sp³-hybridized carbons (Fsp3) is 0.300. The smallest absolute Gasteiger partial charge is 0.264 e. The molecule has 0 fully saturated rings. The van der Waals surface area contributed by atoms with E-state index in [-0.39, 0.29) is 11.6 Å². The zero-order valence-corrected chi connectivity index (χ0v) is 12.8. The summed E-state index contributed by atoms with van der Waals surface area (Å²) < 4.78 is 7.03. The second kappa shape index (κ2) is 6.54. The molecule has 0 aliphatic heterocycles. The third-order valence-corrected chi connectivity index (χ3v) is 4.19. The molecule has 112 valence electrons. The van der Waals surface area contributed by atoms with Crippen molar-refractivity contribution in [1.82, 2.24) is 20.0 Å². The van der Waals surface area contributed by atoms with Gasteiger partial charge in [0.2, 0.25) is 16.9 Å². The average Bonchev–Trinajstić information content (AvgIpc) is 3.02. The van der Waals surface area contributed by atoms with Gasteiger partial charge in [0.25, 0.3) is 5.91 Å². The summed E-state index contributed by atoms with van der Waals surface area (Å²) in [5.41, 5.74) is 5.33. The molecule has 0 aromatic carbocycles. The molecule has 2 amide bonds. The summed E-state index contributed by atoms with van der Waals surface area (Å²) in [6, 6.07) is 0. The number of amides is 2. The van der Waals surface area contributed by atoms with Crippen LogP contribution in [0, 0.1) is 0 Å². The second-order valence-corrected chi connectivity index (χ2v) is 6.01. The number of primary amides is 1. The predicted octanol–water partition coefficient (Wildman–Crippen LogP) is 0.110. The highest BCUT2D eigenvalue weighted by atomic mass is 32.2. The lowest BCUT2D eigenvalue weighted by atomic mass is 10.3. The maximum absolute atomic E-state index is 12.1. The lowest BCUT2D eigenvalue weighted by Crippen LogP contribution is -2.12. The van der Waals surface area contributed by atoms with Crippen LogP contribution in [0.3, 0.4) is 0 Å². The number of hydrogen-bond donors (Lipinski definition) is 2. The van der Waals surface area contributed by atoms with Crippen molar-refractivity contribution < 1.29 is 14.3 Å². The van der Waals surface area contributed by atoms with Gasteiger partial charge in [0.1, 0.15) is 5.56 Å². The molecule has 0 bridgehead atoms. The monoisotopic (exact) mass is 328 g/mol. The molecule has 0 saturated heterocycles. The molecule has 11 heteroatoms. The van der Waals surface area contributed by atoms with Crippen molar-refractivity contribution in [3.05, 3.63) is 11.8 Å². The Balaban J connectivity index is 2.04. The Morgan fingerprint density at radius 1 is 1.52 bits per heavy atom. The third-order valence-electron chi connectivity index (χ3n) is 2.20. The summed E-state index contributed by atoms with van der Waals surface area (Å²) in [7, 11) is 3.12. The zero-order valence-electron chi connectivity index (χ0n) is 11.2. The maximum atomic E-state index is 12.1. The van der Waals surface area contributed by atoms with Crippen LogP contribution in [0.4, 0.5) is 5.13 Å². The summed E-state index contributed by atoms with van der Waals surface area (Å²) >= 11 is 2.31. The number of anilines is 1. The van der Waals surface area contributed by atoms with Crippen LogP contribution in [0.5, 0.6) is 5.88 Å². The highest BCUT2D eigenvalue weighted by molar-refractivity contribution is 8.01. The number of aromatic nitrogens is 4. The first-order valence-corrected chi connectivity index (χ1v) is 7.43. The van der Waals surface area contributed by atoms with Gasteiger partial charge in [-0.3, -0.25) is 19.6 Å². The lowest BCUT2D eigenvalue weighted by Gasteiger charge is -1.99. The summed E-state index contributed by atoms with van der Waals surface area (Å²) in [5.74, 6) is -0.509. The van der Waals surface area contributed by atoms with Crippen molar-refractivity contribution >= 4 is 40.0 Å². The average molecular weight is 328 g/mol. The zero-order chi connectivity index (χ0) is 15.4. The van der Waals surface area contributed by atoms with Gasteiger partial charge in [-0.1, -0.05) is 23.1 Å². The van der Waals surface area contributed by atoms with E-state index in [1.807, 2.05) is 0 Å². The van der Waals surface area contributed by atoms with Gasteiger partial charge in [-0.25, -0.2) is 0 Å². The second-order valence-electron chi connectivity index (χ2n) is 3.81. The van der Waals surface area contributed by atoms with E-state index >= 15 is 0 Å². The van der Waals surface area contributed by atoms with Crippen LogP contribution in [0.1, 0.15) is 10.4 Å². The summed E-state index contributed by atoms with van der Waals surface area (Å²) in [5, 5.41) is 14.6. The molecule has 0 saturated carbocycles. The quantitative estimate of drug-likeness (QED) is 0.569. The molecule has 21 heavy (non-hydrogen) atoms. The fourth-order valence-electron chi connectivity index (χ4n) is 1.39. The number of aryl methyl sites for hydroxylation is 1. The summed E-state index contributed by atoms with van der Waals surface area (Å²) in [4.78, 5) is 22.8. The molecule has 2 aromatic rings. The molecular formula is C10H12N6O3S2. The first kappa shape index (κ1) is 15.3. The van der Waals surface area contributed by atoms with Gasteiger partial charge in [0, 0.05) is 13.2 Å². The van der Waals surface area contributed by atoms with E-state index < -0.39 is 11.8 Å². The van der Waals surface area contributed by atoms with Gasteiger partial charge in [-0.15, -0.1) is 15.3 Å². The number of nitrogens with zero attached hydrogens (tertiary/aromatic N) is 4. The van der Waals surface area contributed by atoms with Crippen LogP contribution in [0.25, 0.3) is 0 Å². The van der Waals surface area contributed by atoms with Gasteiger partial charge in [0.15, 0.2) is 4.34 Å². The van der Waals surface area contributed by atoms with E-state index in [0.29, 0.717) is 15.0 Å². The van der Waals surface area contributed by atoms with Crippen molar-refractivity contribution in [3.63, 3.8) is 0 Å². The van der Waals surface area contributed by atoms with Crippen molar-refractivity contribution in [2.24, 2.45) is 12.8 Å². The number of nitrogens with two attached hydrogens (primary N) is 1. The molecule has 0 spiro atoms. The minimum Gasteiger partial charge on any atom is -0.479 e. The van der Waals surface area contributed by atoms with Crippen LogP contribution in [0.15, 0.2) is 10.5 Å². The largest absolute Gasteiger partial charge is 0.479 e. The third kappa shape index (κ3) is 3.92. The first-order valence-electron chi connectivity index (χ1n) is 5.63. The SMILES string of the molecule is COc1nn(C)cc1C(=O)Nc1nnc(SCC(N)=O)s1. The number of rotatable bonds is 6. The highest BCUT2D eigenvalue weighted by Crippen LogP contribution is 2.26. The molecule has 0 radical (unpaired) electrons. The van der Waals surface area contributed by atoms with E-state index in [1.54, 1.807) is 7.05 Å². The number of carbonyl (C=O) groups is 2. The van der Waals surface area contributed by atoms with E-state index in [2.05, 4.69) is 20.6 Å². The van der Waals surface area contributed by atoms with E-state index in [9.17, 15) is 9.59 Å². The number of carbonyl (C=O) groups excluding carboxylic acids is 2. The Bertz CT molecular complexity index is 668. The number of ether oxygens (including phenoxy) is 1. The van der Waals surface area contributed by atoms with Crippen LogP contribution >= 0.6 is 23.1 Å². The molecule has 3 N–H and O–H groups in total. The topological polar surface area (TPSA) is 125 Å². The minimum absolute atomic E-state index is 0.110. The van der Waals surface area contributed by atoms with E-state index in [4.69, 9.17) is 10.5 Å². The Hall–Kier alpha value is -2.14. The molecule has 0 unspecified atom stereocenters. The van der Waals surface area contributed by atoms with Gasteiger partial charge in [-0.05, 0) is 0 Å². The van der Waals surface area contributed by atoms with Crippen LogP contribution in [-0.4, -0.2) is 44.7 Å². The molecule has 0 aliphatic rings. The standard InChI is InChI=1S/C10H12N6O3S2/c1-16-3-5(8(15-16)19-2)7(18)12-9-13-14-10(21-9)20-4-6(11)17/h3H,4H2,1-2H3,(H2,11,17)(H,12,13,18). The lowest BCUT2D eigenvalue weighted by molar-refractivity contribution is -0.115. The van der Waals surface area contributed by atoms with Crippen LogP contribution < -0.4 is 15.8 Å². The Kier molecular flexibility index (Phi) is 4.75. The van der Waals surface area contributed by atoms with Crippen molar-refractivity contribution in [2.75, 3.05) is 18.2 Å². The molecule has 2 aromatic heterocycles. The molecular weight excluding hydrogens is 316 g/mol. The summed E-state index contributed by atoms with van der Waals surface area (Å²) in [6.07, 6.45) is 1.54. The molecule has 9 nitrogen and oxygen atoms in total. The van der Waals surface area contributed by atoms with E-state index in [1.165, 1.54) is 18.0 Å². The molecule has 0 atom stereocenters. The number of thioether (sulfide) groups is 1. The van der Waals surface area contributed by atoms with Gasteiger partial charge >= 0.3 is 0 Å². The molecule has 2 rings (SSSR count). The van der Waals surface area contributed by atoms with Crippen molar-refractivity contribution in [3.8, 4) is 5.88 Å². The predicted molar refractivity (Wildman–Crippen MR) is 77.5 cm³/mol. The Morgan fingerprint density at radius 3 is 2.95 bits per heavy atom. The van der Waals surface area contributed by atoms with Crippen LogP contribution in [-0.2, 0) is 11.8 Å². The normalized spacial score (nSPS) is 10.4. The van der Waals surface area contributed by atoms with Crippen molar-refractivity contribution in [2.45, 2.75) is 4.34 Å². The maximum Gasteiger partial charge on any atom is 0.264 e. The van der Waals surface area contributed by atoms with Gasteiger partial charge < -0.3 is 10.5 Å². The minimum atomic E-state index is -0.444. The van der Waals surface area contributed by atoms with Gasteiger partial charge in [0.05, 0.1) is 12.9 Å². The molecule has 2 heterocycles. The molecule has 0 aliphatic carbocycles. The number of methoxy groups -OCH3 is 1. The number of nitrogens with one attached hydrogen (secondary N) is 1. The highest BCUT2D eigenvalue weighted by Gasteiger charge is 2.18.